The van der Waals surface area contributed by atoms with Crippen molar-refractivity contribution in [3.8, 4) is 0 Å². The molecule has 0 spiro atoms. The highest BCUT2D eigenvalue weighted by molar-refractivity contribution is 9.09. The van der Waals surface area contributed by atoms with Crippen molar-refractivity contribution in [3.63, 3.8) is 0 Å². The third-order valence-corrected chi connectivity index (χ3v) is 0.500. The summed E-state index contributed by atoms with van der Waals surface area (Å²) < 4.78 is 0. The van der Waals surface area contributed by atoms with Gasteiger partial charge in [-0.15, -0.1) is 0 Å². The lowest BCUT2D eigenvalue weighted by Gasteiger charge is -1.86. The van der Waals surface area contributed by atoms with Crippen LogP contribution in [0.3, 0.4) is 0 Å². The average molecular weight is 182 g/mol. The van der Waals surface area contributed by atoms with Crippen LogP contribution in [-0.4, -0.2) is 18.4 Å². The fraction of sp³-hybridized carbons (Fsp3) is 1.00. The highest BCUT2D eigenvalue weighted by atomic mass is 79.9. The molecule has 0 radical (unpaired) electrons. The van der Waals surface area contributed by atoms with Gasteiger partial charge in [0.05, 0.1) is 0 Å². The van der Waals surface area contributed by atoms with Gasteiger partial charge in [-0.2, -0.15) is 0 Å². The van der Waals surface area contributed by atoms with E-state index in [9.17, 15) is 0 Å². The minimum absolute atomic E-state index is 1.06. The van der Waals surface area contributed by atoms with E-state index < -0.39 is 0 Å². The molecule has 0 bridgehead atoms. The molecule has 0 unspecified atom stereocenters. The van der Waals surface area contributed by atoms with Crippen molar-refractivity contribution in [1.29, 1.82) is 0 Å². The van der Waals surface area contributed by atoms with Gasteiger partial charge in [-0.1, -0.05) is 36.7 Å². The van der Waals surface area contributed by atoms with E-state index in [2.05, 4.69) is 35.1 Å². The highest BCUT2D eigenvalue weighted by Gasteiger charge is 1.62. The molecule has 1 nitrogen and oxygen atoms in total. The minimum Gasteiger partial charge on any atom is -0.317 e. The van der Waals surface area contributed by atoms with Crippen molar-refractivity contribution in [1.82, 2.24) is 5.32 Å². The lowest BCUT2D eigenvalue weighted by atomic mass is 10.7. The summed E-state index contributed by atoms with van der Waals surface area (Å²) in [5.41, 5.74) is 0. The Balaban J connectivity index is 0. The molecule has 0 aromatic carbocycles. The standard InChI is InChI=1S/C4H11N.C2H5Br/c1-3-5-4-2;1-2-3/h5H,3-4H2,1-2H3;2H2,1H3. The molecule has 0 saturated carbocycles. The summed E-state index contributed by atoms with van der Waals surface area (Å²) in [7, 11) is 0. The molecule has 52 valence electrons. The molecule has 0 atom stereocenters. The van der Waals surface area contributed by atoms with Gasteiger partial charge in [-0.3, -0.25) is 0 Å². The third kappa shape index (κ3) is 32.0. The number of halogens is 1. The zero-order valence-electron chi connectivity index (χ0n) is 6.00. The van der Waals surface area contributed by atoms with Crippen LogP contribution in [0.5, 0.6) is 0 Å². The minimum atomic E-state index is 1.06. The van der Waals surface area contributed by atoms with Gasteiger partial charge < -0.3 is 5.32 Å². The number of alkyl halides is 1. The molecule has 0 rings (SSSR count). The van der Waals surface area contributed by atoms with Crippen LogP contribution in [0.25, 0.3) is 0 Å². The zero-order valence-corrected chi connectivity index (χ0v) is 7.59. The maximum Gasteiger partial charge on any atom is 0.000281 e. The molecule has 0 fully saturated rings. The van der Waals surface area contributed by atoms with Gasteiger partial charge in [0.1, 0.15) is 0 Å². The summed E-state index contributed by atoms with van der Waals surface area (Å²) in [6.45, 7) is 8.43. The Kier molecular flexibility index (Phi) is 22.0. The maximum absolute atomic E-state index is 3.15. The predicted molar refractivity (Wildman–Crippen MR) is 43.7 cm³/mol. The molecule has 0 aliphatic heterocycles. The second-order valence-corrected chi connectivity index (χ2v) is 2.35. The molecule has 8 heavy (non-hydrogen) atoms. The molecule has 0 heterocycles. The van der Waals surface area contributed by atoms with Crippen molar-refractivity contribution in [3.05, 3.63) is 0 Å². The van der Waals surface area contributed by atoms with Gasteiger partial charge in [0.2, 0.25) is 0 Å². The molecule has 1 N–H and O–H groups in total. The van der Waals surface area contributed by atoms with Crippen molar-refractivity contribution in [2.24, 2.45) is 0 Å². The van der Waals surface area contributed by atoms with Crippen molar-refractivity contribution in [2.75, 3.05) is 18.4 Å². The smallest absolute Gasteiger partial charge is 0.000281 e. The van der Waals surface area contributed by atoms with Gasteiger partial charge >= 0.3 is 0 Å². The highest BCUT2D eigenvalue weighted by Crippen LogP contribution is 1.67. The first-order chi connectivity index (χ1) is 3.83. The molecular weight excluding hydrogens is 166 g/mol. The number of hydrogen-bond donors (Lipinski definition) is 1. The second kappa shape index (κ2) is 15.7. The average Bonchev–Trinajstić information content (AvgIpc) is 1.71. The van der Waals surface area contributed by atoms with E-state index in [-0.39, 0.29) is 0 Å². The fourth-order valence-corrected chi connectivity index (χ4v) is 0.250. The number of nitrogens with one attached hydrogen (secondary N) is 1. The summed E-state index contributed by atoms with van der Waals surface area (Å²) in [5.74, 6) is 0. The summed E-state index contributed by atoms with van der Waals surface area (Å²) in [6.07, 6.45) is 0. The molecule has 0 saturated heterocycles. The molecule has 2 heteroatoms. The molecule has 0 amide bonds. The van der Waals surface area contributed by atoms with Crippen LogP contribution in [-0.2, 0) is 0 Å². The number of rotatable bonds is 2. The van der Waals surface area contributed by atoms with Crippen LogP contribution >= 0.6 is 15.9 Å². The van der Waals surface area contributed by atoms with E-state index in [1.165, 1.54) is 0 Å². The Hall–Kier alpha value is 0.440. The summed E-state index contributed by atoms with van der Waals surface area (Å²) in [6, 6.07) is 0. The van der Waals surface area contributed by atoms with Crippen molar-refractivity contribution in [2.45, 2.75) is 20.8 Å². The molecule has 0 aliphatic carbocycles. The van der Waals surface area contributed by atoms with E-state index in [0.717, 1.165) is 18.4 Å². The van der Waals surface area contributed by atoms with E-state index in [4.69, 9.17) is 0 Å². The second-order valence-electron chi connectivity index (χ2n) is 1.22. The Morgan fingerprint density at radius 1 is 1.12 bits per heavy atom. The van der Waals surface area contributed by atoms with E-state index in [1.807, 2.05) is 6.92 Å². The fourth-order valence-electron chi connectivity index (χ4n) is 0.250. The first kappa shape index (κ1) is 11.3. The lowest BCUT2D eigenvalue weighted by Crippen LogP contribution is -2.09. The molecule has 0 aliphatic rings. The van der Waals surface area contributed by atoms with Gasteiger partial charge in [0, 0.05) is 5.33 Å². The van der Waals surface area contributed by atoms with Gasteiger partial charge in [0.25, 0.3) is 0 Å². The Morgan fingerprint density at radius 3 is 1.38 bits per heavy atom. The zero-order chi connectivity index (χ0) is 6.83. The predicted octanol–water partition coefficient (Wildman–Crippen LogP) is 2.02. The summed E-state index contributed by atoms with van der Waals surface area (Å²) >= 11 is 3.15. The van der Waals surface area contributed by atoms with Gasteiger partial charge in [-0.05, 0) is 13.1 Å². The van der Waals surface area contributed by atoms with Gasteiger partial charge in [-0.25, -0.2) is 0 Å². The SMILES string of the molecule is CCBr.CCNCC. The lowest BCUT2D eigenvalue weighted by molar-refractivity contribution is 0.762. The third-order valence-electron chi connectivity index (χ3n) is 0.500. The van der Waals surface area contributed by atoms with Crippen LogP contribution in [0.2, 0.25) is 0 Å². The topological polar surface area (TPSA) is 12.0 Å². The van der Waals surface area contributed by atoms with Crippen LogP contribution < -0.4 is 5.32 Å². The first-order valence-corrected chi connectivity index (χ1v) is 4.22. The Morgan fingerprint density at radius 2 is 1.38 bits per heavy atom. The van der Waals surface area contributed by atoms with E-state index in [1.54, 1.807) is 0 Å². The quantitative estimate of drug-likeness (QED) is 0.644. The van der Waals surface area contributed by atoms with Crippen LogP contribution in [0.15, 0.2) is 0 Å². The molecular formula is C6H16BrN. The van der Waals surface area contributed by atoms with Crippen molar-refractivity contribution >= 4 is 15.9 Å². The number of hydrogen-bond acceptors (Lipinski definition) is 1. The molecule has 0 aromatic heterocycles. The largest absolute Gasteiger partial charge is 0.317 e. The Labute approximate surface area is 61.0 Å². The molecule has 0 aromatic rings. The first-order valence-electron chi connectivity index (χ1n) is 3.10. The Bertz CT molecular complexity index is 22.5. The maximum atomic E-state index is 3.15. The van der Waals surface area contributed by atoms with Crippen LogP contribution in [0, 0.1) is 0 Å². The summed E-state index contributed by atoms with van der Waals surface area (Å²) in [5, 5.41) is 4.17. The van der Waals surface area contributed by atoms with Crippen LogP contribution in [0.4, 0.5) is 0 Å². The van der Waals surface area contributed by atoms with Crippen molar-refractivity contribution < 1.29 is 0 Å². The monoisotopic (exact) mass is 181 g/mol. The van der Waals surface area contributed by atoms with E-state index in [0.29, 0.717) is 0 Å². The van der Waals surface area contributed by atoms with Gasteiger partial charge in [0.15, 0.2) is 0 Å². The normalized spacial score (nSPS) is 7.50. The van der Waals surface area contributed by atoms with E-state index >= 15 is 0 Å². The van der Waals surface area contributed by atoms with Crippen LogP contribution in [0.1, 0.15) is 20.8 Å². The summed E-state index contributed by atoms with van der Waals surface area (Å²) in [4.78, 5) is 0.